The molecule has 4 N–H and O–H groups in total. The maximum atomic E-state index is 11.5. The lowest BCUT2D eigenvalue weighted by Crippen LogP contribution is -2.40. The van der Waals surface area contributed by atoms with E-state index in [0.717, 1.165) is 29.5 Å². The second kappa shape index (κ2) is 6.57. The molecule has 0 saturated carbocycles. The summed E-state index contributed by atoms with van der Waals surface area (Å²) in [4.78, 5) is 21.6. The summed E-state index contributed by atoms with van der Waals surface area (Å²) in [6, 6.07) is 3.38. The summed E-state index contributed by atoms with van der Waals surface area (Å²) in [6.45, 7) is 0.590. The molecule has 0 radical (unpaired) electrons. The van der Waals surface area contributed by atoms with Crippen LogP contribution in [0.1, 0.15) is 24.0 Å². The Labute approximate surface area is 139 Å². The van der Waals surface area contributed by atoms with Gasteiger partial charge >= 0.3 is 6.03 Å². The minimum atomic E-state index is -0.486. The van der Waals surface area contributed by atoms with Crippen molar-refractivity contribution < 1.29 is 4.79 Å². The van der Waals surface area contributed by atoms with Crippen LogP contribution in [0, 0.1) is 10.8 Å². The molecule has 3 heterocycles. The molecule has 2 aromatic rings. The lowest BCUT2D eigenvalue weighted by Gasteiger charge is -2.26. The molecule has 7 nitrogen and oxygen atoms in total. The number of primary amides is 1. The third kappa shape index (κ3) is 3.01. The summed E-state index contributed by atoms with van der Waals surface area (Å²) >= 11 is 0. The number of hydrogen-bond acceptors (Lipinski definition) is 5. The van der Waals surface area contributed by atoms with Crippen molar-refractivity contribution in [2.45, 2.75) is 19.3 Å². The predicted octanol–water partition coefficient (Wildman–Crippen LogP) is 2.38. The molecule has 0 aliphatic carbocycles. The molecule has 1 aliphatic rings. The van der Waals surface area contributed by atoms with Crippen molar-refractivity contribution in [2.75, 3.05) is 11.4 Å². The number of pyridine rings is 2. The third-order valence-corrected chi connectivity index (χ3v) is 4.02. The first-order chi connectivity index (χ1) is 11.6. The number of nitrogens with two attached hydrogens (primary N) is 1. The van der Waals surface area contributed by atoms with Gasteiger partial charge in [-0.05, 0) is 30.5 Å². The van der Waals surface area contributed by atoms with Gasteiger partial charge in [0, 0.05) is 60.2 Å². The number of urea groups is 1. The summed E-state index contributed by atoms with van der Waals surface area (Å²) in [7, 11) is 0. The van der Waals surface area contributed by atoms with Crippen molar-refractivity contribution in [3.8, 4) is 11.1 Å². The van der Waals surface area contributed by atoms with E-state index in [1.54, 1.807) is 18.6 Å². The molecular weight excluding hydrogens is 304 g/mol. The Morgan fingerprint density at radius 1 is 1.29 bits per heavy atom. The number of fused-ring (bicyclic) bond motifs is 1. The lowest BCUT2D eigenvalue weighted by atomic mass is 10.00. The number of rotatable bonds is 4. The van der Waals surface area contributed by atoms with Gasteiger partial charge < -0.3 is 16.6 Å². The Hall–Kier alpha value is -3.09. The quantitative estimate of drug-likeness (QED) is 0.749. The molecule has 122 valence electrons. The predicted molar refractivity (Wildman–Crippen MR) is 92.9 cm³/mol. The van der Waals surface area contributed by atoms with Crippen LogP contribution >= 0.6 is 0 Å². The summed E-state index contributed by atoms with van der Waals surface area (Å²) in [5.41, 5.74) is 9.17. The number of aryl methyl sites for hydroxylation is 1. The van der Waals surface area contributed by atoms with Crippen LogP contribution in [0.2, 0.25) is 0 Å². The van der Waals surface area contributed by atoms with Crippen LogP contribution in [-0.2, 0) is 6.42 Å². The Morgan fingerprint density at radius 2 is 2.08 bits per heavy atom. The van der Waals surface area contributed by atoms with Crippen LogP contribution in [-0.4, -0.2) is 34.5 Å². The van der Waals surface area contributed by atoms with Crippen LogP contribution in [0.5, 0.6) is 0 Å². The first-order valence-corrected chi connectivity index (χ1v) is 7.68. The number of anilines is 1. The molecular formula is C17H18N6O. The molecule has 0 unspecified atom stereocenters. The monoisotopic (exact) mass is 322 g/mol. The zero-order valence-electron chi connectivity index (χ0n) is 13.1. The number of hydrogen-bond donors (Lipinski definition) is 3. The summed E-state index contributed by atoms with van der Waals surface area (Å²) in [5.74, 6) is 0.623. The maximum absolute atomic E-state index is 11.5. The molecule has 0 fully saturated rings. The minimum absolute atomic E-state index is 0.279. The van der Waals surface area contributed by atoms with Crippen molar-refractivity contribution in [1.29, 1.82) is 10.8 Å². The van der Waals surface area contributed by atoms with Gasteiger partial charge in [0.25, 0.3) is 0 Å². The summed E-state index contributed by atoms with van der Waals surface area (Å²) in [5, 5.41) is 15.1. The fourth-order valence-electron chi connectivity index (χ4n) is 2.82. The highest BCUT2D eigenvalue weighted by Crippen LogP contribution is 2.29. The number of carbonyl (C=O) groups is 1. The summed E-state index contributed by atoms with van der Waals surface area (Å²) < 4.78 is 0. The van der Waals surface area contributed by atoms with E-state index in [4.69, 9.17) is 16.6 Å². The van der Waals surface area contributed by atoms with Gasteiger partial charge in [-0.15, -0.1) is 0 Å². The minimum Gasteiger partial charge on any atom is -0.351 e. The molecule has 2 amide bonds. The fraction of sp³-hybridized carbons (Fsp3) is 0.235. The van der Waals surface area contributed by atoms with Crippen LogP contribution in [0.25, 0.3) is 11.1 Å². The normalized spacial score (nSPS) is 13.2. The first kappa shape index (κ1) is 15.8. The number of aromatic nitrogens is 2. The molecule has 0 bridgehead atoms. The van der Waals surface area contributed by atoms with Gasteiger partial charge in [-0.3, -0.25) is 9.88 Å². The van der Waals surface area contributed by atoms with E-state index >= 15 is 0 Å². The Bertz CT molecular complexity index is 816. The van der Waals surface area contributed by atoms with Crippen molar-refractivity contribution in [1.82, 2.24) is 9.97 Å². The van der Waals surface area contributed by atoms with Gasteiger partial charge in [0.05, 0.1) is 0 Å². The zero-order chi connectivity index (χ0) is 17.1. The van der Waals surface area contributed by atoms with E-state index in [1.807, 2.05) is 12.1 Å². The second-order valence-electron chi connectivity index (χ2n) is 5.65. The van der Waals surface area contributed by atoms with E-state index < -0.39 is 6.03 Å². The lowest BCUT2D eigenvalue weighted by molar-refractivity contribution is 0.253. The van der Waals surface area contributed by atoms with Gasteiger partial charge in [0.2, 0.25) is 0 Å². The van der Waals surface area contributed by atoms with Crippen molar-refractivity contribution in [2.24, 2.45) is 5.73 Å². The van der Waals surface area contributed by atoms with Crippen LogP contribution in [0.15, 0.2) is 30.7 Å². The van der Waals surface area contributed by atoms with Crippen molar-refractivity contribution in [3.63, 3.8) is 0 Å². The average Bonchev–Trinajstić information content (AvgIpc) is 2.61. The fourth-order valence-corrected chi connectivity index (χ4v) is 2.82. The molecule has 24 heavy (non-hydrogen) atoms. The number of carbonyl (C=O) groups excluding carboxylic acids is 1. The SMILES string of the molecule is N=CCC(=N)c1cncc(-c2cnc3c(c2)CCCN3C(N)=O)c1. The van der Waals surface area contributed by atoms with Crippen LogP contribution in [0.3, 0.4) is 0 Å². The molecule has 1 aliphatic heterocycles. The van der Waals surface area contributed by atoms with E-state index in [-0.39, 0.29) is 6.42 Å². The van der Waals surface area contributed by atoms with Crippen LogP contribution in [0.4, 0.5) is 10.6 Å². The van der Waals surface area contributed by atoms with E-state index in [1.165, 1.54) is 11.1 Å². The highest BCUT2D eigenvalue weighted by atomic mass is 16.2. The molecule has 7 heteroatoms. The standard InChI is InChI=1S/C17H18N6O/c18-4-3-15(19)14-7-12(8-21-9-14)13-6-11-2-1-5-23(17(20)24)16(11)22-10-13/h4,6-10,18-19H,1-3,5H2,(H2,20,24). The van der Waals surface area contributed by atoms with E-state index in [9.17, 15) is 4.79 Å². The van der Waals surface area contributed by atoms with Gasteiger partial charge in [0.15, 0.2) is 0 Å². The summed E-state index contributed by atoms with van der Waals surface area (Å²) in [6.07, 6.45) is 8.21. The molecule has 3 rings (SSSR count). The van der Waals surface area contributed by atoms with E-state index in [0.29, 0.717) is 23.6 Å². The number of nitrogens with one attached hydrogen (secondary N) is 2. The smallest absolute Gasteiger partial charge is 0.320 e. The number of amides is 2. The van der Waals surface area contributed by atoms with Crippen molar-refractivity contribution >= 4 is 23.8 Å². The van der Waals surface area contributed by atoms with Crippen LogP contribution < -0.4 is 10.6 Å². The number of nitrogens with zero attached hydrogens (tertiary/aromatic N) is 3. The topological polar surface area (TPSA) is 120 Å². The highest BCUT2D eigenvalue weighted by molar-refractivity contribution is 6.05. The molecule has 0 atom stereocenters. The Morgan fingerprint density at radius 3 is 2.83 bits per heavy atom. The third-order valence-electron chi connectivity index (χ3n) is 4.02. The Balaban J connectivity index is 1.96. The molecule has 0 spiro atoms. The van der Waals surface area contributed by atoms with Gasteiger partial charge in [-0.1, -0.05) is 0 Å². The molecule has 0 saturated heterocycles. The average molecular weight is 322 g/mol. The largest absolute Gasteiger partial charge is 0.351 e. The van der Waals surface area contributed by atoms with Crippen molar-refractivity contribution in [3.05, 3.63) is 41.9 Å². The zero-order valence-corrected chi connectivity index (χ0v) is 13.1. The second-order valence-corrected chi connectivity index (χ2v) is 5.65. The highest BCUT2D eigenvalue weighted by Gasteiger charge is 2.22. The first-order valence-electron chi connectivity index (χ1n) is 7.68. The van der Waals surface area contributed by atoms with Gasteiger partial charge in [-0.2, -0.15) is 0 Å². The molecule has 2 aromatic heterocycles. The Kier molecular flexibility index (Phi) is 4.33. The van der Waals surface area contributed by atoms with Gasteiger partial charge in [-0.25, -0.2) is 9.78 Å². The maximum Gasteiger partial charge on any atom is 0.320 e. The molecule has 0 aromatic carbocycles. The van der Waals surface area contributed by atoms with E-state index in [2.05, 4.69) is 9.97 Å². The van der Waals surface area contributed by atoms with Gasteiger partial charge in [0.1, 0.15) is 5.82 Å².